The topological polar surface area (TPSA) is 57.8 Å². The number of aromatic amines is 1. The molecule has 0 bridgehead atoms. The highest BCUT2D eigenvalue weighted by Crippen LogP contribution is 2.25. The lowest BCUT2D eigenvalue weighted by Crippen LogP contribution is -2.12. The third kappa shape index (κ3) is 3.64. The van der Waals surface area contributed by atoms with Gasteiger partial charge in [0.2, 0.25) is 5.91 Å². The quantitative estimate of drug-likeness (QED) is 0.548. The number of carbonyl (C=O) groups is 1. The second-order valence-electron chi connectivity index (χ2n) is 6.25. The van der Waals surface area contributed by atoms with Gasteiger partial charge in [-0.2, -0.15) is 0 Å². The van der Waals surface area contributed by atoms with E-state index in [0.29, 0.717) is 6.42 Å². The molecule has 2 aromatic carbocycles. The normalized spacial score (nSPS) is 10.8. The summed E-state index contributed by atoms with van der Waals surface area (Å²) in [6, 6.07) is 22.0. The molecule has 1 amide bonds. The fourth-order valence-electron chi connectivity index (χ4n) is 3.00. The van der Waals surface area contributed by atoms with Crippen molar-refractivity contribution in [2.24, 2.45) is 0 Å². The van der Waals surface area contributed by atoms with Crippen molar-refractivity contribution in [3.63, 3.8) is 0 Å². The van der Waals surface area contributed by atoms with Gasteiger partial charge in [0.25, 0.3) is 0 Å². The van der Waals surface area contributed by atoms with E-state index < -0.39 is 0 Å². The average Bonchev–Trinajstić information content (AvgIpc) is 3.15. The van der Waals surface area contributed by atoms with E-state index in [-0.39, 0.29) is 5.91 Å². The molecule has 0 fully saturated rings. The second kappa shape index (κ2) is 7.23. The third-order valence-corrected chi connectivity index (χ3v) is 4.36. The van der Waals surface area contributed by atoms with Crippen LogP contribution in [0.1, 0.15) is 12.0 Å². The van der Waals surface area contributed by atoms with Crippen LogP contribution in [0.15, 0.2) is 79.1 Å². The van der Waals surface area contributed by atoms with Gasteiger partial charge >= 0.3 is 0 Å². The lowest BCUT2D eigenvalue weighted by molar-refractivity contribution is -0.116. The lowest BCUT2D eigenvalue weighted by Gasteiger charge is -2.08. The zero-order valence-corrected chi connectivity index (χ0v) is 14.3. The Morgan fingerprint density at radius 3 is 2.73 bits per heavy atom. The summed E-state index contributed by atoms with van der Waals surface area (Å²) in [5.74, 6) is 0.0187. The zero-order valence-electron chi connectivity index (χ0n) is 14.3. The minimum absolute atomic E-state index is 0.0187. The van der Waals surface area contributed by atoms with Gasteiger partial charge < -0.3 is 10.3 Å². The van der Waals surface area contributed by atoms with Gasteiger partial charge in [-0.15, -0.1) is 0 Å². The molecule has 4 heteroatoms. The molecule has 0 saturated carbocycles. The molecule has 0 saturated heterocycles. The lowest BCUT2D eigenvalue weighted by atomic mass is 10.1. The minimum atomic E-state index is 0.0187. The average molecular weight is 341 g/mol. The first kappa shape index (κ1) is 16.1. The van der Waals surface area contributed by atoms with E-state index in [1.54, 1.807) is 0 Å². The highest BCUT2D eigenvalue weighted by Gasteiger charge is 2.06. The van der Waals surface area contributed by atoms with Crippen LogP contribution in [0.3, 0.4) is 0 Å². The Balaban J connectivity index is 1.46. The molecule has 0 aliphatic rings. The second-order valence-corrected chi connectivity index (χ2v) is 6.25. The first-order chi connectivity index (χ1) is 12.8. The van der Waals surface area contributed by atoms with Crippen molar-refractivity contribution in [2.75, 3.05) is 5.32 Å². The molecule has 0 atom stereocenters. The Morgan fingerprint density at radius 1 is 0.962 bits per heavy atom. The predicted octanol–water partition coefficient (Wildman–Crippen LogP) is 4.80. The maximum Gasteiger partial charge on any atom is 0.224 e. The van der Waals surface area contributed by atoms with Gasteiger partial charge in [0.05, 0.1) is 0 Å². The third-order valence-electron chi connectivity index (χ3n) is 4.36. The summed E-state index contributed by atoms with van der Waals surface area (Å²) < 4.78 is 0. The van der Waals surface area contributed by atoms with Crippen LogP contribution < -0.4 is 5.32 Å². The minimum Gasteiger partial charge on any atom is -0.346 e. The maximum atomic E-state index is 12.2. The molecule has 4 nitrogen and oxygen atoms in total. The number of benzene rings is 2. The number of nitrogens with zero attached hydrogens (tertiary/aromatic N) is 1. The van der Waals surface area contributed by atoms with Gasteiger partial charge in [0.1, 0.15) is 5.65 Å². The van der Waals surface area contributed by atoms with E-state index in [1.165, 1.54) is 5.56 Å². The van der Waals surface area contributed by atoms with E-state index in [0.717, 1.165) is 34.3 Å². The largest absolute Gasteiger partial charge is 0.346 e. The number of aromatic nitrogens is 2. The molecule has 26 heavy (non-hydrogen) atoms. The first-order valence-electron chi connectivity index (χ1n) is 8.65. The number of rotatable bonds is 5. The number of carbonyl (C=O) groups excluding carboxylic acids is 1. The molecular formula is C22H19N3O. The monoisotopic (exact) mass is 341 g/mol. The zero-order chi connectivity index (χ0) is 17.8. The number of aryl methyl sites for hydroxylation is 1. The SMILES string of the molecule is O=C(CCc1ccccc1)Nc1cccc(-c2cnc3[nH]ccc3c2)c1. The van der Waals surface area contributed by atoms with Crippen LogP contribution in [-0.4, -0.2) is 15.9 Å². The molecule has 2 aromatic heterocycles. The number of fused-ring (bicyclic) bond motifs is 1. The molecular weight excluding hydrogens is 322 g/mol. The van der Waals surface area contributed by atoms with E-state index in [2.05, 4.69) is 21.4 Å². The highest BCUT2D eigenvalue weighted by atomic mass is 16.1. The van der Waals surface area contributed by atoms with Crippen LogP contribution >= 0.6 is 0 Å². The van der Waals surface area contributed by atoms with Crippen molar-refractivity contribution in [2.45, 2.75) is 12.8 Å². The molecule has 4 rings (SSSR count). The number of amides is 1. The molecule has 0 radical (unpaired) electrons. The fraction of sp³-hybridized carbons (Fsp3) is 0.0909. The molecule has 0 aliphatic carbocycles. The van der Waals surface area contributed by atoms with Crippen molar-refractivity contribution in [1.82, 2.24) is 9.97 Å². The smallest absolute Gasteiger partial charge is 0.224 e. The molecule has 0 aliphatic heterocycles. The number of H-pyrrole nitrogens is 1. The Hall–Kier alpha value is -3.40. The van der Waals surface area contributed by atoms with Gasteiger partial charge in [-0.25, -0.2) is 4.98 Å². The standard InChI is InChI=1S/C22H19N3O/c26-21(10-9-16-5-2-1-3-6-16)25-20-8-4-7-17(14-20)19-13-18-11-12-23-22(18)24-15-19/h1-8,11-15H,9-10H2,(H,23,24)(H,25,26). The molecule has 2 N–H and O–H groups in total. The van der Waals surface area contributed by atoms with Crippen molar-refractivity contribution in [3.8, 4) is 11.1 Å². The summed E-state index contributed by atoms with van der Waals surface area (Å²) in [5.41, 5.74) is 4.90. The summed E-state index contributed by atoms with van der Waals surface area (Å²) >= 11 is 0. The predicted molar refractivity (Wildman–Crippen MR) is 105 cm³/mol. The summed E-state index contributed by atoms with van der Waals surface area (Å²) in [7, 11) is 0. The number of hydrogen-bond acceptors (Lipinski definition) is 2. The molecule has 0 unspecified atom stereocenters. The van der Waals surface area contributed by atoms with Crippen molar-refractivity contribution in [1.29, 1.82) is 0 Å². The van der Waals surface area contributed by atoms with Crippen LogP contribution in [0.2, 0.25) is 0 Å². The Bertz CT molecular complexity index is 1040. The highest BCUT2D eigenvalue weighted by molar-refractivity contribution is 5.92. The molecule has 0 spiro atoms. The van der Waals surface area contributed by atoms with Gasteiger partial charge in [0.15, 0.2) is 0 Å². The van der Waals surface area contributed by atoms with Crippen molar-refractivity contribution in [3.05, 3.63) is 84.7 Å². The summed E-state index contributed by atoms with van der Waals surface area (Å²) in [6.07, 6.45) is 4.92. The number of anilines is 1. The van der Waals surface area contributed by atoms with Gasteiger partial charge in [-0.1, -0.05) is 42.5 Å². The summed E-state index contributed by atoms with van der Waals surface area (Å²) in [6.45, 7) is 0. The van der Waals surface area contributed by atoms with E-state index in [4.69, 9.17) is 0 Å². The van der Waals surface area contributed by atoms with E-state index >= 15 is 0 Å². The van der Waals surface area contributed by atoms with Crippen LogP contribution in [0, 0.1) is 0 Å². The number of nitrogens with one attached hydrogen (secondary N) is 2. The van der Waals surface area contributed by atoms with Gasteiger partial charge in [-0.05, 0) is 41.8 Å². The number of pyridine rings is 1. The fourth-order valence-corrected chi connectivity index (χ4v) is 3.00. The van der Waals surface area contributed by atoms with Crippen LogP contribution in [-0.2, 0) is 11.2 Å². The molecule has 2 heterocycles. The van der Waals surface area contributed by atoms with Gasteiger partial charge in [0, 0.05) is 35.5 Å². The molecule has 4 aromatic rings. The number of hydrogen-bond donors (Lipinski definition) is 2. The Morgan fingerprint density at radius 2 is 1.85 bits per heavy atom. The van der Waals surface area contributed by atoms with Crippen LogP contribution in [0.5, 0.6) is 0 Å². The van der Waals surface area contributed by atoms with Gasteiger partial charge in [-0.3, -0.25) is 4.79 Å². The summed E-state index contributed by atoms with van der Waals surface area (Å²) in [4.78, 5) is 19.8. The van der Waals surface area contributed by atoms with Crippen LogP contribution in [0.4, 0.5) is 5.69 Å². The maximum absolute atomic E-state index is 12.2. The van der Waals surface area contributed by atoms with Crippen molar-refractivity contribution >= 4 is 22.6 Å². The Labute approximate surface area is 151 Å². The first-order valence-corrected chi connectivity index (χ1v) is 8.65. The van der Waals surface area contributed by atoms with Crippen LogP contribution in [0.25, 0.3) is 22.2 Å². The molecule has 128 valence electrons. The Kier molecular flexibility index (Phi) is 4.48. The van der Waals surface area contributed by atoms with E-state index in [9.17, 15) is 4.79 Å². The summed E-state index contributed by atoms with van der Waals surface area (Å²) in [5, 5.41) is 4.06. The van der Waals surface area contributed by atoms with E-state index in [1.807, 2.05) is 73.1 Å². The van der Waals surface area contributed by atoms with Crippen molar-refractivity contribution < 1.29 is 4.79 Å².